The van der Waals surface area contributed by atoms with Gasteiger partial charge < -0.3 is 5.32 Å². The minimum Gasteiger partial charge on any atom is -0.312 e. The molecule has 1 fully saturated rings. The minimum absolute atomic E-state index is 0.400. The van der Waals surface area contributed by atoms with Crippen LogP contribution in [0, 0.1) is 0 Å². The van der Waals surface area contributed by atoms with Crippen LogP contribution in [0.25, 0.3) is 10.8 Å². The molecular formula is C19H26N2. The topological polar surface area (TPSA) is 15.3 Å². The lowest BCUT2D eigenvalue weighted by molar-refractivity contribution is 0.146. The van der Waals surface area contributed by atoms with Crippen LogP contribution in [0.2, 0.25) is 0 Å². The maximum Gasteiger partial charge on any atom is 0.0453 e. The number of likely N-dealkylation sites (tertiary alicyclic amines) is 1. The summed E-state index contributed by atoms with van der Waals surface area (Å²) in [6.07, 6.45) is 4.07. The minimum atomic E-state index is 0.400. The normalized spacial score (nSPS) is 21.5. The zero-order chi connectivity index (χ0) is 14.7. The standard InChI is InChI=1S/C19H26N2/c1-15-8-5-6-13-21(15)14-19(20-2)18-12-7-10-16-9-3-4-11-17(16)18/h3-4,7,9-12,15,19-20H,5-6,8,13-14H2,1-2H3. The van der Waals surface area contributed by atoms with E-state index in [1.807, 2.05) is 0 Å². The molecule has 2 atom stereocenters. The monoisotopic (exact) mass is 282 g/mol. The third kappa shape index (κ3) is 3.12. The molecule has 1 saturated heterocycles. The molecule has 0 aromatic heterocycles. The largest absolute Gasteiger partial charge is 0.312 e. The van der Waals surface area contributed by atoms with Gasteiger partial charge in [-0.15, -0.1) is 0 Å². The third-order valence-corrected chi connectivity index (χ3v) is 4.90. The van der Waals surface area contributed by atoms with Crippen LogP contribution in [0.15, 0.2) is 42.5 Å². The van der Waals surface area contributed by atoms with Gasteiger partial charge in [-0.05, 0) is 49.7 Å². The lowest BCUT2D eigenvalue weighted by Gasteiger charge is -2.36. The summed E-state index contributed by atoms with van der Waals surface area (Å²) in [5, 5.41) is 6.25. The maximum absolute atomic E-state index is 3.54. The molecule has 0 amide bonds. The molecule has 1 aliphatic heterocycles. The molecule has 0 bridgehead atoms. The average Bonchev–Trinajstić information content (AvgIpc) is 2.54. The van der Waals surface area contributed by atoms with Gasteiger partial charge in [0.25, 0.3) is 0 Å². The van der Waals surface area contributed by atoms with Crippen molar-refractivity contribution in [3.8, 4) is 0 Å². The van der Waals surface area contributed by atoms with Gasteiger partial charge in [0.1, 0.15) is 0 Å². The Balaban J connectivity index is 1.87. The van der Waals surface area contributed by atoms with Crippen LogP contribution in [-0.4, -0.2) is 31.1 Å². The van der Waals surface area contributed by atoms with Gasteiger partial charge in [-0.3, -0.25) is 4.90 Å². The Labute approximate surface area is 128 Å². The molecule has 112 valence electrons. The maximum atomic E-state index is 3.54. The van der Waals surface area contributed by atoms with E-state index in [0.29, 0.717) is 12.1 Å². The number of nitrogens with one attached hydrogen (secondary N) is 1. The second-order valence-electron chi connectivity index (χ2n) is 6.25. The summed E-state index contributed by atoms with van der Waals surface area (Å²) in [6.45, 7) is 4.71. The van der Waals surface area contributed by atoms with Gasteiger partial charge in [0.05, 0.1) is 0 Å². The van der Waals surface area contributed by atoms with Crippen molar-refractivity contribution >= 4 is 10.8 Å². The van der Waals surface area contributed by atoms with Gasteiger partial charge in [-0.25, -0.2) is 0 Å². The Morgan fingerprint density at radius 1 is 1.14 bits per heavy atom. The van der Waals surface area contributed by atoms with E-state index in [0.717, 1.165) is 6.54 Å². The number of hydrogen-bond acceptors (Lipinski definition) is 2. The molecule has 2 nitrogen and oxygen atoms in total. The average molecular weight is 282 g/mol. The summed E-state index contributed by atoms with van der Waals surface area (Å²) in [5.74, 6) is 0. The number of benzene rings is 2. The van der Waals surface area contributed by atoms with Crippen molar-refractivity contribution < 1.29 is 0 Å². The summed E-state index contributed by atoms with van der Waals surface area (Å²) in [7, 11) is 2.08. The van der Waals surface area contributed by atoms with Gasteiger partial charge in [-0.1, -0.05) is 48.9 Å². The summed E-state index contributed by atoms with van der Waals surface area (Å²) in [5.41, 5.74) is 1.42. The molecule has 2 aromatic carbocycles. The smallest absolute Gasteiger partial charge is 0.0453 e. The molecule has 1 heterocycles. The summed E-state index contributed by atoms with van der Waals surface area (Å²) >= 11 is 0. The predicted octanol–water partition coefficient (Wildman–Crippen LogP) is 3.97. The molecule has 1 N–H and O–H groups in total. The highest BCUT2D eigenvalue weighted by Crippen LogP contribution is 2.26. The van der Waals surface area contributed by atoms with Crippen molar-refractivity contribution in [2.45, 2.75) is 38.3 Å². The summed E-state index contributed by atoms with van der Waals surface area (Å²) < 4.78 is 0. The first-order valence-electron chi connectivity index (χ1n) is 8.18. The van der Waals surface area contributed by atoms with Gasteiger partial charge in [0.2, 0.25) is 0 Å². The van der Waals surface area contributed by atoms with E-state index >= 15 is 0 Å². The van der Waals surface area contributed by atoms with Gasteiger partial charge in [0, 0.05) is 18.6 Å². The van der Waals surface area contributed by atoms with E-state index in [9.17, 15) is 0 Å². The molecule has 2 unspecified atom stereocenters. The van der Waals surface area contributed by atoms with E-state index in [1.165, 1.54) is 42.1 Å². The fraction of sp³-hybridized carbons (Fsp3) is 0.474. The molecule has 3 rings (SSSR count). The Hall–Kier alpha value is -1.38. The van der Waals surface area contributed by atoms with Crippen LogP contribution >= 0.6 is 0 Å². The molecule has 1 aliphatic rings. The van der Waals surface area contributed by atoms with Crippen LogP contribution in [-0.2, 0) is 0 Å². The number of fused-ring (bicyclic) bond motifs is 1. The molecule has 0 aliphatic carbocycles. The van der Waals surface area contributed by atoms with E-state index in [1.54, 1.807) is 0 Å². The van der Waals surface area contributed by atoms with Crippen molar-refractivity contribution in [1.29, 1.82) is 0 Å². The highest BCUT2D eigenvalue weighted by atomic mass is 15.2. The SMILES string of the molecule is CNC(CN1CCCCC1C)c1cccc2ccccc12. The fourth-order valence-corrected chi connectivity index (χ4v) is 3.56. The lowest BCUT2D eigenvalue weighted by atomic mass is 9.96. The molecule has 0 saturated carbocycles. The van der Waals surface area contributed by atoms with Crippen LogP contribution in [0.3, 0.4) is 0 Å². The Kier molecular flexibility index (Phi) is 4.57. The van der Waals surface area contributed by atoms with Crippen LogP contribution < -0.4 is 5.32 Å². The van der Waals surface area contributed by atoms with E-state index in [2.05, 4.69) is 66.7 Å². The van der Waals surface area contributed by atoms with Gasteiger partial charge >= 0.3 is 0 Å². The molecule has 0 spiro atoms. The second-order valence-corrected chi connectivity index (χ2v) is 6.25. The van der Waals surface area contributed by atoms with Crippen molar-refractivity contribution in [3.63, 3.8) is 0 Å². The number of likely N-dealkylation sites (N-methyl/N-ethyl adjacent to an activating group) is 1. The Bertz CT molecular complexity index is 588. The van der Waals surface area contributed by atoms with Crippen LogP contribution in [0.4, 0.5) is 0 Å². The summed E-state index contributed by atoms with van der Waals surface area (Å²) in [6, 6.07) is 16.5. The number of nitrogens with zero attached hydrogens (tertiary/aromatic N) is 1. The molecule has 0 radical (unpaired) electrons. The Morgan fingerprint density at radius 3 is 2.76 bits per heavy atom. The molecule has 2 aromatic rings. The zero-order valence-corrected chi connectivity index (χ0v) is 13.2. The number of rotatable bonds is 4. The first kappa shape index (κ1) is 14.6. The van der Waals surface area contributed by atoms with Crippen molar-refractivity contribution in [2.75, 3.05) is 20.1 Å². The first-order valence-corrected chi connectivity index (χ1v) is 8.18. The quantitative estimate of drug-likeness (QED) is 0.912. The second kappa shape index (κ2) is 6.59. The highest BCUT2D eigenvalue weighted by Gasteiger charge is 2.22. The number of piperidine rings is 1. The van der Waals surface area contributed by atoms with E-state index in [4.69, 9.17) is 0 Å². The predicted molar refractivity (Wildman–Crippen MR) is 90.6 cm³/mol. The fourth-order valence-electron chi connectivity index (χ4n) is 3.56. The van der Waals surface area contributed by atoms with Crippen molar-refractivity contribution in [3.05, 3.63) is 48.0 Å². The van der Waals surface area contributed by atoms with Gasteiger partial charge in [0.15, 0.2) is 0 Å². The van der Waals surface area contributed by atoms with Crippen molar-refractivity contribution in [2.24, 2.45) is 0 Å². The van der Waals surface area contributed by atoms with Gasteiger partial charge in [-0.2, -0.15) is 0 Å². The van der Waals surface area contributed by atoms with E-state index < -0.39 is 0 Å². The number of hydrogen-bond donors (Lipinski definition) is 1. The van der Waals surface area contributed by atoms with Crippen LogP contribution in [0.5, 0.6) is 0 Å². The molecular weight excluding hydrogens is 256 g/mol. The lowest BCUT2D eigenvalue weighted by Crippen LogP contribution is -2.42. The van der Waals surface area contributed by atoms with Crippen LogP contribution in [0.1, 0.15) is 37.8 Å². The van der Waals surface area contributed by atoms with Crippen molar-refractivity contribution in [1.82, 2.24) is 10.2 Å². The van der Waals surface area contributed by atoms with E-state index in [-0.39, 0.29) is 0 Å². The highest BCUT2D eigenvalue weighted by molar-refractivity contribution is 5.86. The Morgan fingerprint density at radius 2 is 1.95 bits per heavy atom. The zero-order valence-electron chi connectivity index (χ0n) is 13.2. The molecule has 2 heteroatoms. The summed E-state index contributed by atoms with van der Waals surface area (Å²) in [4.78, 5) is 2.65. The molecule has 21 heavy (non-hydrogen) atoms. The third-order valence-electron chi connectivity index (χ3n) is 4.90. The first-order chi connectivity index (χ1) is 10.3.